The lowest BCUT2D eigenvalue weighted by molar-refractivity contribution is -0.124. The summed E-state index contributed by atoms with van der Waals surface area (Å²) in [5.74, 6) is -0.373. The Balaban J connectivity index is 0.926. The lowest BCUT2D eigenvalue weighted by Gasteiger charge is -2.33. The molecular weight excluding hydrogens is 758 g/mol. The van der Waals surface area contributed by atoms with Gasteiger partial charge in [-0.2, -0.15) is 0 Å². The van der Waals surface area contributed by atoms with Crippen molar-refractivity contribution in [3.8, 4) is 11.3 Å². The number of nitrogens with one attached hydrogen (secondary N) is 2. The van der Waals surface area contributed by atoms with Gasteiger partial charge in [0, 0.05) is 54.8 Å². The number of unbranched alkanes of at least 4 members (excludes halogenated alkanes) is 7. The van der Waals surface area contributed by atoms with Crippen molar-refractivity contribution in [1.82, 2.24) is 15.2 Å². The average molecular weight is 808 g/mol. The molecule has 294 valence electrons. The number of piperidine rings is 1. The third-order valence-electron chi connectivity index (χ3n) is 10.6. The minimum Gasteiger partial charge on any atom is -0.375 e. The quantitative estimate of drug-likeness (QED) is 0.103. The number of amides is 2. The summed E-state index contributed by atoms with van der Waals surface area (Å²) in [6.45, 7) is 1.62. The molecule has 2 amide bonds. The number of hydrogen-bond donors (Lipinski definition) is 2. The molecule has 2 aliphatic carbocycles. The lowest BCUT2D eigenvalue weighted by Crippen LogP contribution is -2.39. The highest BCUT2D eigenvalue weighted by molar-refractivity contribution is 7.90. The van der Waals surface area contributed by atoms with Crippen molar-refractivity contribution in [2.75, 3.05) is 37.5 Å². The van der Waals surface area contributed by atoms with Gasteiger partial charge in [-0.3, -0.25) is 9.59 Å². The smallest absolute Gasteiger partial charge is 0.264 e. The fourth-order valence-corrected chi connectivity index (χ4v) is 9.33. The first-order chi connectivity index (χ1) is 26.0. The van der Waals surface area contributed by atoms with Crippen LogP contribution in [0.1, 0.15) is 105 Å². The van der Waals surface area contributed by atoms with Crippen LogP contribution < -0.4 is 14.9 Å². The van der Waals surface area contributed by atoms with E-state index in [1.807, 2.05) is 4.90 Å². The van der Waals surface area contributed by atoms with E-state index in [2.05, 4.69) is 15.2 Å². The van der Waals surface area contributed by atoms with Gasteiger partial charge in [-0.1, -0.05) is 72.9 Å². The second kappa shape index (κ2) is 18.6. The fraction of sp³-hybridized carbons (Fsp3) is 0.564. The summed E-state index contributed by atoms with van der Waals surface area (Å²) < 4.78 is 59.9. The Morgan fingerprint density at radius 1 is 1.00 bits per heavy atom. The lowest BCUT2D eigenvalue weighted by atomic mass is 10.0. The van der Waals surface area contributed by atoms with Gasteiger partial charge in [0.05, 0.1) is 34.2 Å². The number of fused-ring (bicyclic) bond motifs is 2. The molecule has 2 aromatic carbocycles. The molecule has 3 aliphatic rings. The Morgan fingerprint density at radius 3 is 2.35 bits per heavy atom. The van der Waals surface area contributed by atoms with Gasteiger partial charge in [0.25, 0.3) is 5.91 Å². The molecule has 0 unspecified atom stereocenters. The van der Waals surface area contributed by atoms with Crippen LogP contribution in [0, 0.1) is 11.7 Å². The van der Waals surface area contributed by atoms with Crippen molar-refractivity contribution in [2.24, 2.45) is 5.92 Å². The fourth-order valence-electron chi connectivity index (χ4n) is 7.66. The summed E-state index contributed by atoms with van der Waals surface area (Å²) in [4.78, 5) is 26.2. The van der Waals surface area contributed by atoms with E-state index in [4.69, 9.17) is 37.2 Å². The van der Waals surface area contributed by atoms with E-state index in [-0.39, 0.29) is 41.9 Å². The maximum Gasteiger partial charge on any atom is 0.264 e. The van der Waals surface area contributed by atoms with Crippen molar-refractivity contribution in [3.05, 3.63) is 69.1 Å². The molecule has 6 rings (SSSR count). The molecule has 2 heterocycles. The maximum atomic E-state index is 15.5. The van der Waals surface area contributed by atoms with Crippen LogP contribution in [0.25, 0.3) is 11.3 Å². The first-order valence-corrected chi connectivity index (χ1v) is 21.4. The number of sulfonamides is 1. The summed E-state index contributed by atoms with van der Waals surface area (Å²) >= 11 is 13.0. The third kappa shape index (κ3) is 10.3. The average Bonchev–Trinajstić information content (AvgIpc) is 3.58. The minimum atomic E-state index is -3.86. The van der Waals surface area contributed by atoms with Crippen molar-refractivity contribution >= 4 is 50.7 Å². The number of methoxy groups -OCH3 is 1. The zero-order valence-corrected chi connectivity index (χ0v) is 32.9. The van der Waals surface area contributed by atoms with Gasteiger partial charge >= 0.3 is 0 Å². The van der Waals surface area contributed by atoms with Crippen molar-refractivity contribution in [2.45, 2.75) is 102 Å². The zero-order valence-electron chi connectivity index (χ0n) is 30.6. The van der Waals surface area contributed by atoms with Crippen LogP contribution in [-0.4, -0.2) is 70.1 Å². The molecule has 2 N–H and O–H groups in total. The van der Waals surface area contributed by atoms with Gasteiger partial charge in [0.15, 0.2) is 0 Å². The number of halogens is 3. The highest BCUT2D eigenvalue weighted by Crippen LogP contribution is 2.47. The van der Waals surface area contributed by atoms with Crippen LogP contribution >= 0.6 is 23.2 Å². The van der Waals surface area contributed by atoms with E-state index in [1.165, 1.54) is 13.2 Å². The molecule has 3 fully saturated rings. The normalized spacial score (nSPS) is 19.4. The summed E-state index contributed by atoms with van der Waals surface area (Å²) in [6.07, 6.45) is 10.7. The van der Waals surface area contributed by atoms with Crippen LogP contribution in [0.2, 0.25) is 10.0 Å². The van der Waals surface area contributed by atoms with Gasteiger partial charge < -0.3 is 24.2 Å². The second-order valence-electron chi connectivity index (χ2n) is 14.7. The largest absolute Gasteiger partial charge is 0.375 e. The number of ether oxygens (including phenoxy) is 2. The molecule has 15 heteroatoms. The number of hydrogen-bond acceptors (Lipinski definition) is 9. The van der Waals surface area contributed by atoms with Gasteiger partial charge in [0.1, 0.15) is 23.9 Å². The van der Waals surface area contributed by atoms with Crippen molar-refractivity contribution in [1.29, 1.82) is 0 Å². The Hall–Kier alpha value is -3.23. The summed E-state index contributed by atoms with van der Waals surface area (Å²) in [7, 11) is -2.37. The number of aromatic nitrogens is 1. The first kappa shape index (κ1) is 40.4. The van der Waals surface area contributed by atoms with Crippen LogP contribution in [0.5, 0.6) is 0 Å². The number of anilines is 1. The maximum absolute atomic E-state index is 15.5. The Bertz CT molecular complexity index is 1870. The molecule has 0 radical (unpaired) electrons. The number of nitrogens with zero attached hydrogens (tertiary/aromatic N) is 2. The topological polar surface area (TPSA) is 140 Å². The Morgan fingerprint density at radius 2 is 1.70 bits per heavy atom. The number of rotatable bonds is 21. The first-order valence-electron chi connectivity index (χ1n) is 19.0. The molecule has 1 aromatic heterocycles. The van der Waals surface area contributed by atoms with Gasteiger partial charge in [0.2, 0.25) is 15.9 Å². The molecule has 0 spiro atoms. The minimum absolute atomic E-state index is 0.0284. The SMILES string of the molecule is COCC(=O)NCCCCCCCCCCS(=O)(=O)NC(=O)c1ccc(N2C[C@@H]3C[C@H]2C[C@H]3OCc2c(-c3c(Cl)cccc3Cl)noc2C2CC2)c(F)c1. The van der Waals surface area contributed by atoms with Crippen LogP contribution in [0.3, 0.4) is 0 Å². The molecule has 3 aromatic rings. The summed E-state index contributed by atoms with van der Waals surface area (Å²) in [5.41, 5.74) is 2.45. The van der Waals surface area contributed by atoms with Gasteiger partial charge in [-0.25, -0.2) is 17.5 Å². The third-order valence-corrected chi connectivity index (χ3v) is 12.5. The van der Waals surface area contributed by atoms with Gasteiger partial charge in [-0.15, -0.1) is 0 Å². The highest BCUT2D eigenvalue weighted by Gasteiger charge is 2.46. The van der Waals surface area contributed by atoms with E-state index < -0.39 is 21.7 Å². The van der Waals surface area contributed by atoms with Crippen molar-refractivity contribution in [3.63, 3.8) is 0 Å². The predicted octanol–water partition coefficient (Wildman–Crippen LogP) is 7.79. The molecule has 2 bridgehead atoms. The number of benzene rings is 2. The Labute approximate surface area is 326 Å². The van der Waals surface area contributed by atoms with E-state index in [0.717, 1.165) is 81.6 Å². The monoisotopic (exact) mass is 806 g/mol. The standard InChI is InChI=1S/C39H49Cl2FN4O7S/c1-51-24-35(47)43-17-8-6-4-2-3-5-7-9-18-54(49,50)45-39(48)26-15-16-33(32(42)20-26)46-22-27-19-28(46)21-34(27)52-23-29-37(44-53-38(29)25-13-14-25)36-30(40)11-10-12-31(36)41/h10-12,15-16,20,25,27-28,34H,2-9,13-14,17-19,21-24H2,1H3,(H,43,47)(H,45,48)/t27-,28-,34+/m0/s1. The molecule has 1 saturated heterocycles. The molecule has 1 aliphatic heterocycles. The predicted molar refractivity (Wildman–Crippen MR) is 206 cm³/mol. The van der Waals surface area contributed by atoms with Crippen LogP contribution in [0.15, 0.2) is 40.9 Å². The molecule has 3 atom stereocenters. The molecule has 11 nitrogen and oxygen atoms in total. The van der Waals surface area contributed by atoms with E-state index in [0.29, 0.717) is 65.4 Å². The highest BCUT2D eigenvalue weighted by atomic mass is 35.5. The summed E-state index contributed by atoms with van der Waals surface area (Å²) in [5, 5.41) is 8.14. The van der Waals surface area contributed by atoms with E-state index in [9.17, 15) is 18.0 Å². The van der Waals surface area contributed by atoms with E-state index >= 15 is 4.39 Å². The molecule has 54 heavy (non-hydrogen) atoms. The van der Waals surface area contributed by atoms with Crippen molar-refractivity contribution < 1.29 is 36.4 Å². The van der Waals surface area contributed by atoms with E-state index in [1.54, 1.807) is 24.3 Å². The molecular formula is C39H49Cl2FN4O7S. The zero-order chi connectivity index (χ0) is 38.2. The van der Waals surface area contributed by atoms with Crippen LogP contribution in [-0.2, 0) is 30.9 Å². The number of carbonyl (C=O) groups excluding carboxylic acids is 2. The van der Waals surface area contributed by atoms with Crippen LogP contribution in [0.4, 0.5) is 10.1 Å². The number of carbonyl (C=O) groups is 2. The Kier molecular flexibility index (Phi) is 13.9. The molecule has 2 saturated carbocycles. The van der Waals surface area contributed by atoms with Gasteiger partial charge in [-0.05, 0) is 68.9 Å². The second-order valence-corrected chi connectivity index (χ2v) is 17.3. The summed E-state index contributed by atoms with van der Waals surface area (Å²) in [6, 6.07) is 9.55.